The molecular formula is C12H20N4O2. The van der Waals surface area contributed by atoms with Gasteiger partial charge in [0.05, 0.1) is 12.3 Å². The molecule has 0 spiro atoms. The number of hydrogen-bond acceptors (Lipinski definition) is 4. The van der Waals surface area contributed by atoms with Crippen LogP contribution in [-0.4, -0.2) is 64.7 Å². The van der Waals surface area contributed by atoms with Crippen LogP contribution in [0.25, 0.3) is 0 Å². The summed E-state index contributed by atoms with van der Waals surface area (Å²) < 4.78 is 1.76. The number of hydrogen-bond donors (Lipinski definition) is 2. The number of amides is 1. The summed E-state index contributed by atoms with van der Waals surface area (Å²) in [5.74, 6) is 0.0258. The van der Waals surface area contributed by atoms with Crippen LogP contribution in [-0.2, 0) is 7.05 Å². The molecular weight excluding hydrogens is 232 g/mol. The minimum absolute atomic E-state index is 0.0258. The van der Waals surface area contributed by atoms with Crippen molar-refractivity contribution in [3.8, 4) is 0 Å². The predicted octanol–water partition coefficient (Wildman–Crippen LogP) is -0.643. The Hall–Kier alpha value is -1.53. The first-order chi connectivity index (χ1) is 8.61. The maximum atomic E-state index is 12.3. The molecule has 3 N–H and O–H groups in total. The van der Waals surface area contributed by atoms with Crippen molar-refractivity contribution in [1.29, 1.82) is 0 Å². The normalized spacial score (nSPS) is 17.1. The Kier molecular flexibility index (Phi) is 3.88. The minimum atomic E-state index is 0.0258. The van der Waals surface area contributed by atoms with Crippen LogP contribution in [0.3, 0.4) is 0 Å². The third-order valence-electron chi connectivity index (χ3n) is 3.32. The standard InChI is InChI=1S/C12H20N4O2/c1-14-9-10(13)8-11(14)12(18)16-4-2-15(3-5-16)6-7-17/h8-9,17H,2-7,13H2,1H3. The molecule has 2 heterocycles. The molecule has 2 rings (SSSR count). The summed E-state index contributed by atoms with van der Waals surface area (Å²) in [6.45, 7) is 3.87. The van der Waals surface area contributed by atoms with E-state index < -0.39 is 0 Å². The fourth-order valence-corrected chi connectivity index (χ4v) is 2.28. The predicted molar refractivity (Wildman–Crippen MR) is 69.3 cm³/mol. The number of aryl methyl sites for hydroxylation is 1. The molecule has 0 unspecified atom stereocenters. The van der Waals surface area contributed by atoms with Crippen molar-refractivity contribution in [3.63, 3.8) is 0 Å². The Labute approximate surface area is 107 Å². The number of aliphatic hydroxyl groups excluding tert-OH is 1. The fraction of sp³-hybridized carbons (Fsp3) is 0.583. The maximum Gasteiger partial charge on any atom is 0.270 e. The van der Waals surface area contributed by atoms with Gasteiger partial charge >= 0.3 is 0 Å². The molecule has 1 aliphatic heterocycles. The first-order valence-electron chi connectivity index (χ1n) is 6.16. The maximum absolute atomic E-state index is 12.3. The van der Waals surface area contributed by atoms with Gasteiger partial charge in [0.2, 0.25) is 0 Å². The molecule has 0 radical (unpaired) electrons. The second-order valence-corrected chi connectivity index (χ2v) is 4.63. The monoisotopic (exact) mass is 252 g/mol. The van der Waals surface area contributed by atoms with E-state index in [4.69, 9.17) is 10.8 Å². The quantitative estimate of drug-likeness (QED) is 0.750. The number of anilines is 1. The third-order valence-corrected chi connectivity index (χ3v) is 3.32. The van der Waals surface area contributed by atoms with E-state index >= 15 is 0 Å². The molecule has 0 bridgehead atoms. The Balaban J connectivity index is 1.97. The number of β-amino-alcohol motifs (C(OH)–C–C–N with tert-alkyl or cyclic N) is 1. The highest BCUT2D eigenvalue weighted by Crippen LogP contribution is 2.13. The lowest BCUT2D eigenvalue weighted by atomic mass is 10.2. The molecule has 1 aromatic heterocycles. The Bertz CT molecular complexity index is 422. The average Bonchev–Trinajstić information content (AvgIpc) is 2.69. The van der Waals surface area contributed by atoms with Gasteiger partial charge in [0.15, 0.2) is 0 Å². The van der Waals surface area contributed by atoms with Gasteiger partial charge in [0.25, 0.3) is 5.91 Å². The zero-order valence-corrected chi connectivity index (χ0v) is 10.7. The van der Waals surface area contributed by atoms with Gasteiger partial charge in [0, 0.05) is 46.0 Å². The number of carbonyl (C=O) groups is 1. The molecule has 6 heteroatoms. The van der Waals surface area contributed by atoms with E-state index in [0.29, 0.717) is 31.0 Å². The van der Waals surface area contributed by atoms with E-state index in [1.54, 1.807) is 16.8 Å². The number of nitrogen functional groups attached to an aromatic ring is 1. The van der Waals surface area contributed by atoms with Crippen LogP contribution in [0.15, 0.2) is 12.3 Å². The zero-order chi connectivity index (χ0) is 13.1. The van der Waals surface area contributed by atoms with E-state index in [0.717, 1.165) is 13.1 Å². The Morgan fingerprint density at radius 1 is 1.39 bits per heavy atom. The summed E-state index contributed by atoms with van der Waals surface area (Å²) in [7, 11) is 1.83. The highest BCUT2D eigenvalue weighted by Gasteiger charge is 2.23. The molecule has 0 saturated carbocycles. The highest BCUT2D eigenvalue weighted by atomic mass is 16.3. The highest BCUT2D eigenvalue weighted by molar-refractivity contribution is 5.93. The molecule has 100 valence electrons. The molecule has 6 nitrogen and oxygen atoms in total. The number of nitrogens with two attached hydrogens (primary N) is 1. The molecule has 0 aliphatic carbocycles. The third kappa shape index (κ3) is 2.65. The van der Waals surface area contributed by atoms with Gasteiger partial charge in [-0.05, 0) is 6.07 Å². The van der Waals surface area contributed by atoms with Gasteiger partial charge in [-0.1, -0.05) is 0 Å². The van der Waals surface area contributed by atoms with Crippen LogP contribution in [0.5, 0.6) is 0 Å². The van der Waals surface area contributed by atoms with Crippen molar-refractivity contribution in [2.45, 2.75) is 0 Å². The number of carbonyl (C=O) groups excluding carboxylic acids is 1. The van der Waals surface area contributed by atoms with Crippen LogP contribution in [0.1, 0.15) is 10.5 Å². The minimum Gasteiger partial charge on any atom is -0.397 e. The van der Waals surface area contributed by atoms with Gasteiger partial charge in [-0.15, -0.1) is 0 Å². The molecule has 1 amide bonds. The lowest BCUT2D eigenvalue weighted by molar-refractivity contribution is 0.0606. The van der Waals surface area contributed by atoms with Crippen LogP contribution in [0.4, 0.5) is 5.69 Å². The van der Waals surface area contributed by atoms with E-state index in [1.807, 2.05) is 11.9 Å². The molecule has 0 atom stereocenters. The number of aliphatic hydroxyl groups is 1. The molecule has 1 aliphatic rings. The lowest BCUT2D eigenvalue weighted by Gasteiger charge is -2.34. The van der Waals surface area contributed by atoms with Crippen molar-refractivity contribution in [2.75, 3.05) is 45.1 Å². The largest absolute Gasteiger partial charge is 0.397 e. The first-order valence-corrected chi connectivity index (χ1v) is 6.16. The summed E-state index contributed by atoms with van der Waals surface area (Å²) in [6, 6.07) is 1.71. The van der Waals surface area contributed by atoms with Gasteiger partial charge < -0.3 is 20.3 Å². The van der Waals surface area contributed by atoms with E-state index in [9.17, 15) is 4.79 Å². The topological polar surface area (TPSA) is 74.7 Å². The second kappa shape index (κ2) is 5.41. The van der Waals surface area contributed by atoms with Crippen molar-refractivity contribution < 1.29 is 9.90 Å². The average molecular weight is 252 g/mol. The number of nitrogens with zero attached hydrogens (tertiary/aromatic N) is 3. The second-order valence-electron chi connectivity index (χ2n) is 4.63. The Morgan fingerprint density at radius 2 is 2.06 bits per heavy atom. The van der Waals surface area contributed by atoms with Crippen LogP contribution in [0, 0.1) is 0 Å². The van der Waals surface area contributed by atoms with Crippen molar-refractivity contribution >= 4 is 11.6 Å². The molecule has 1 fully saturated rings. The smallest absolute Gasteiger partial charge is 0.270 e. The number of piperazine rings is 1. The van der Waals surface area contributed by atoms with Gasteiger partial charge in [-0.2, -0.15) is 0 Å². The zero-order valence-electron chi connectivity index (χ0n) is 10.7. The molecule has 1 saturated heterocycles. The summed E-state index contributed by atoms with van der Waals surface area (Å²) >= 11 is 0. The van der Waals surface area contributed by atoms with Crippen LogP contribution in [0.2, 0.25) is 0 Å². The van der Waals surface area contributed by atoms with E-state index in [-0.39, 0.29) is 12.5 Å². The molecule has 18 heavy (non-hydrogen) atoms. The van der Waals surface area contributed by atoms with Gasteiger partial charge in [-0.25, -0.2) is 0 Å². The summed E-state index contributed by atoms with van der Waals surface area (Å²) in [6.07, 6.45) is 1.75. The number of aromatic nitrogens is 1. The molecule has 1 aromatic rings. The van der Waals surface area contributed by atoms with Crippen molar-refractivity contribution in [3.05, 3.63) is 18.0 Å². The van der Waals surface area contributed by atoms with E-state index in [2.05, 4.69) is 4.90 Å². The summed E-state index contributed by atoms with van der Waals surface area (Å²) in [4.78, 5) is 16.3. The SMILES string of the molecule is Cn1cc(N)cc1C(=O)N1CCN(CCO)CC1. The van der Waals surface area contributed by atoms with Gasteiger partial charge in [-0.3, -0.25) is 9.69 Å². The summed E-state index contributed by atoms with van der Waals surface area (Å²) in [5, 5.41) is 8.87. The lowest BCUT2D eigenvalue weighted by Crippen LogP contribution is -2.49. The van der Waals surface area contributed by atoms with Crippen LogP contribution < -0.4 is 5.73 Å². The van der Waals surface area contributed by atoms with Gasteiger partial charge in [0.1, 0.15) is 5.69 Å². The first kappa shape index (κ1) is 12.9. The fourth-order valence-electron chi connectivity index (χ4n) is 2.28. The molecule has 0 aromatic carbocycles. The van der Waals surface area contributed by atoms with Crippen molar-refractivity contribution in [1.82, 2.24) is 14.4 Å². The van der Waals surface area contributed by atoms with Crippen molar-refractivity contribution in [2.24, 2.45) is 7.05 Å². The van der Waals surface area contributed by atoms with Crippen LogP contribution >= 0.6 is 0 Å². The number of rotatable bonds is 3. The summed E-state index contributed by atoms with van der Waals surface area (Å²) in [5.41, 5.74) is 6.92. The Morgan fingerprint density at radius 3 is 2.56 bits per heavy atom. The van der Waals surface area contributed by atoms with E-state index in [1.165, 1.54) is 0 Å².